The van der Waals surface area contributed by atoms with E-state index in [1.165, 1.54) is 22.2 Å². The Bertz CT molecular complexity index is 1470. The van der Waals surface area contributed by atoms with E-state index in [4.69, 9.17) is 27.6 Å². The molecule has 0 saturated carbocycles. The zero-order valence-corrected chi connectivity index (χ0v) is 18.2. The summed E-state index contributed by atoms with van der Waals surface area (Å²) in [5, 5.41) is 13.1. The fourth-order valence-electron chi connectivity index (χ4n) is 3.30. The summed E-state index contributed by atoms with van der Waals surface area (Å²) < 4.78 is 10.5. The van der Waals surface area contributed by atoms with Crippen LogP contribution in [0.1, 0.15) is 31.5 Å². The number of thiophene rings is 1. The van der Waals surface area contributed by atoms with Crippen molar-refractivity contribution in [2.24, 2.45) is 0 Å². The summed E-state index contributed by atoms with van der Waals surface area (Å²) in [6.45, 7) is 4.09. The normalized spacial score (nSPS) is 11.9. The van der Waals surface area contributed by atoms with Gasteiger partial charge in [0.15, 0.2) is 0 Å². The van der Waals surface area contributed by atoms with Gasteiger partial charge in [-0.3, -0.25) is 14.2 Å². The maximum absolute atomic E-state index is 13.1. The van der Waals surface area contributed by atoms with Crippen LogP contribution < -0.4 is 5.56 Å². The number of nitrogens with zero attached hydrogens (tertiary/aromatic N) is 6. The number of aromatic nitrogens is 6. The van der Waals surface area contributed by atoms with Crippen LogP contribution in [0.4, 0.5) is 0 Å². The van der Waals surface area contributed by atoms with Gasteiger partial charge in [0.1, 0.15) is 17.9 Å². The lowest BCUT2D eigenvalue weighted by atomic mass is 10.2. The molecule has 0 aliphatic heterocycles. The molecule has 5 aromatic rings. The lowest BCUT2D eigenvalue weighted by Crippen LogP contribution is -2.28. The van der Waals surface area contributed by atoms with E-state index < -0.39 is 0 Å². The standard InChI is InChI=1S/C19H14Cl2N6O2S/c1-9(2)17-25-26(19(28)13-5-14-12(27(13)17)6-15(21)30-14)8-16-23-24-18(29-16)10-3-4-22-7-11(10)20/h3-7,9H,8H2,1-2H3. The van der Waals surface area contributed by atoms with Crippen molar-refractivity contribution >= 4 is 50.3 Å². The molecule has 0 radical (unpaired) electrons. The highest BCUT2D eigenvalue weighted by molar-refractivity contribution is 7.22. The van der Waals surface area contributed by atoms with Gasteiger partial charge in [-0.1, -0.05) is 37.0 Å². The average molecular weight is 461 g/mol. The second-order valence-corrected chi connectivity index (χ2v) is 9.12. The molecule has 0 aliphatic carbocycles. The Morgan fingerprint density at radius 2 is 2.03 bits per heavy atom. The Labute approximate surface area is 183 Å². The number of hydrogen-bond donors (Lipinski definition) is 0. The van der Waals surface area contributed by atoms with E-state index in [0.29, 0.717) is 20.4 Å². The van der Waals surface area contributed by atoms with Gasteiger partial charge in [0, 0.05) is 18.3 Å². The summed E-state index contributed by atoms with van der Waals surface area (Å²) in [5.41, 5.74) is 1.74. The van der Waals surface area contributed by atoms with Crippen molar-refractivity contribution in [3.8, 4) is 11.5 Å². The first-order chi connectivity index (χ1) is 14.4. The quantitative estimate of drug-likeness (QED) is 0.388. The van der Waals surface area contributed by atoms with Crippen LogP contribution in [0.15, 0.2) is 39.8 Å². The van der Waals surface area contributed by atoms with Crippen LogP contribution in [0, 0.1) is 0 Å². The molecule has 0 N–H and O–H groups in total. The van der Waals surface area contributed by atoms with Crippen molar-refractivity contribution < 1.29 is 4.42 Å². The monoisotopic (exact) mass is 460 g/mol. The number of rotatable bonds is 4. The molecule has 5 rings (SSSR count). The molecule has 5 aromatic heterocycles. The molecular weight excluding hydrogens is 447 g/mol. The van der Waals surface area contributed by atoms with Crippen molar-refractivity contribution in [3.63, 3.8) is 0 Å². The van der Waals surface area contributed by atoms with E-state index >= 15 is 0 Å². The summed E-state index contributed by atoms with van der Waals surface area (Å²) >= 11 is 13.7. The van der Waals surface area contributed by atoms with Crippen LogP contribution >= 0.6 is 34.5 Å². The fourth-order valence-corrected chi connectivity index (χ4v) is 4.66. The third-order valence-corrected chi connectivity index (χ3v) is 6.14. The van der Waals surface area contributed by atoms with Crippen molar-refractivity contribution in [2.75, 3.05) is 0 Å². The van der Waals surface area contributed by atoms with Crippen LogP contribution in [0.25, 0.3) is 27.2 Å². The Hall–Kier alpha value is -2.75. The van der Waals surface area contributed by atoms with Crippen LogP contribution in [0.5, 0.6) is 0 Å². The SMILES string of the molecule is CC(C)c1nn(Cc2nnc(-c3ccncc3Cl)o2)c(=O)c2cc3sc(Cl)cc3n12. The minimum Gasteiger partial charge on any atom is -0.419 e. The molecule has 0 saturated heterocycles. The lowest BCUT2D eigenvalue weighted by molar-refractivity contribution is 0.458. The molecule has 0 aliphatic rings. The molecule has 0 aromatic carbocycles. The summed E-state index contributed by atoms with van der Waals surface area (Å²) in [5.74, 6) is 1.32. The highest BCUT2D eigenvalue weighted by atomic mass is 35.5. The number of hydrogen-bond acceptors (Lipinski definition) is 7. The average Bonchev–Trinajstić information content (AvgIpc) is 3.39. The van der Waals surface area contributed by atoms with Crippen LogP contribution in [-0.4, -0.2) is 29.4 Å². The minimum atomic E-state index is -0.249. The minimum absolute atomic E-state index is 0.0460. The zero-order chi connectivity index (χ0) is 21.0. The zero-order valence-electron chi connectivity index (χ0n) is 15.8. The second-order valence-electron chi connectivity index (χ2n) is 7.00. The van der Waals surface area contributed by atoms with Gasteiger partial charge in [-0.15, -0.1) is 21.5 Å². The van der Waals surface area contributed by atoms with Crippen molar-refractivity contribution in [1.82, 2.24) is 29.4 Å². The highest BCUT2D eigenvalue weighted by Gasteiger charge is 2.20. The van der Waals surface area contributed by atoms with E-state index in [1.807, 2.05) is 30.4 Å². The van der Waals surface area contributed by atoms with Crippen LogP contribution in [0.2, 0.25) is 9.36 Å². The van der Waals surface area contributed by atoms with Crippen molar-refractivity contribution in [3.05, 3.63) is 62.0 Å². The molecule has 0 bridgehead atoms. The topological polar surface area (TPSA) is 91.1 Å². The fraction of sp³-hybridized carbons (Fsp3) is 0.211. The Balaban J connectivity index is 1.61. The molecule has 30 heavy (non-hydrogen) atoms. The smallest absolute Gasteiger partial charge is 0.291 e. The predicted octanol–water partition coefficient (Wildman–Crippen LogP) is 4.63. The first kappa shape index (κ1) is 19.2. The lowest BCUT2D eigenvalue weighted by Gasteiger charge is -2.12. The first-order valence-electron chi connectivity index (χ1n) is 9.06. The molecule has 152 valence electrons. The summed E-state index contributed by atoms with van der Waals surface area (Å²) in [6.07, 6.45) is 3.09. The Morgan fingerprint density at radius 3 is 2.80 bits per heavy atom. The predicted molar refractivity (Wildman–Crippen MR) is 116 cm³/mol. The Morgan fingerprint density at radius 1 is 1.20 bits per heavy atom. The molecule has 11 heteroatoms. The van der Waals surface area contributed by atoms with Crippen molar-refractivity contribution in [2.45, 2.75) is 26.3 Å². The number of halogens is 2. The maximum atomic E-state index is 13.1. The van der Waals surface area contributed by atoms with E-state index in [9.17, 15) is 4.79 Å². The molecule has 8 nitrogen and oxygen atoms in total. The first-order valence-corrected chi connectivity index (χ1v) is 10.6. The van der Waals surface area contributed by atoms with E-state index in [0.717, 1.165) is 16.0 Å². The highest BCUT2D eigenvalue weighted by Crippen LogP contribution is 2.32. The molecule has 0 fully saturated rings. The Kier molecular flexibility index (Phi) is 4.61. The van der Waals surface area contributed by atoms with Crippen LogP contribution in [0.3, 0.4) is 0 Å². The molecule has 0 unspecified atom stereocenters. The van der Waals surface area contributed by atoms with Gasteiger partial charge in [0.25, 0.3) is 5.56 Å². The summed E-state index contributed by atoms with van der Waals surface area (Å²) in [4.78, 5) is 17.1. The summed E-state index contributed by atoms with van der Waals surface area (Å²) in [6, 6.07) is 5.38. The van der Waals surface area contributed by atoms with Gasteiger partial charge >= 0.3 is 0 Å². The maximum Gasteiger partial charge on any atom is 0.291 e. The van der Waals surface area contributed by atoms with E-state index in [2.05, 4.69) is 20.3 Å². The molecule has 0 spiro atoms. The van der Waals surface area contributed by atoms with Gasteiger partial charge < -0.3 is 4.42 Å². The van der Waals surface area contributed by atoms with E-state index in [-0.39, 0.29) is 29.8 Å². The molecule has 5 heterocycles. The van der Waals surface area contributed by atoms with Crippen LogP contribution in [-0.2, 0) is 6.54 Å². The van der Waals surface area contributed by atoms with Crippen molar-refractivity contribution in [1.29, 1.82) is 0 Å². The third-order valence-electron chi connectivity index (χ3n) is 4.64. The third kappa shape index (κ3) is 3.10. The van der Waals surface area contributed by atoms with Gasteiger partial charge in [0.05, 0.1) is 25.1 Å². The molecule has 0 atom stereocenters. The second kappa shape index (κ2) is 7.19. The number of fused-ring (bicyclic) bond motifs is 3. The van der Waals surface area contributed by atoms with Gasteiger partial charge in [-0.25, -0.2) is 4.68 Å². The largest absolute Gasteiger partial charge is 0.419 e. The number of pyridine rings is 1. The molecule has 0 amide bonds. The summed E-state index contributed by atoms with van der Waals surface area (Å²) in [7, 11) is 0. The van der Waals surface area contributed by atoms with Gasteiger partial charge in [-0.2, -0.15) is 5.10 Å². The van der Waals surface area contributed by atoms with E-state index in [1.54, 1.807) is 12.3 Å². The van der Waals surface area contributed by atoms with Gasteiger partial charge in [0.2, 0.25) is 11.8 Å². The molecular formula is C19H14Cl2N6O2S. The van der Waals surface area contributed by atoms with Gasteiger partial charge in [-0.05, 0) is 18.2 Å².